The van der Waals surface area contributed by atoms with Gasteiger partial charge < -0.3 is 4.74 Å². The predicted molar refractivity (Wildman–Crippen MR) is 54.7 cm³/mol. The van der Waals surface area contributed by atoms with Gasteiger partial charge in [-0.05, 0) is 18.8 Å². The van der Waals surface area contributed by atoms with Crippen LogP contribution >= 0.6 is 11.3 Å². The predicted octanol–water partition coefficient (Wildman–Crippen LogP) is 1.92. The van der Waals surface area contributed by atoms with E-state index in [9.17, 15) is 4.79 Å². The van der Waals surface area contributed by atoms with Crippen molar-refractivity contribution in [3.05, 3.63) is 16.1 Å². The van der Waals surface area contributed by atoms with Crippen LogP contribution in [0.4, 0.5) is 0 Å². The highest BCUT2D eigenvalue weighted by Crippen LogP contribution is 2.20. The number of aromatic nitrogens is 1. The van der Waals surface area contributed by atoms with Crippen LogP contribution in [0, 0.1) is 5.92 Å². The summed E-state index contributed by atoms with van der Waals surface area (Å²) in [6.45, 7) is 1.74. The molecule has 1 atom stereocenters. The molecule has 0 radical (unpaired) electrons. The highest BCUT2D eigenvalue weighted by Gasteiger charge is 2.15. The SMILES string of the molecule is O=Cc1csc(CC2CCCOC2)n1. The Morgan fingerprint density at radius 1 is 1.71 bits per heavy atom. The zero-order valence-electron chi connectivity index (χ0n) is 7.94. The molecule has 1 saturated heterocycles. The van der Waals surface area contributed by atoms with E-state index in [-0.39, 0.29) is 0 Å². The van der Waals surface area contributed by atoms with Crippen LogP contribution in [0.5, 0.6) is 0 Å². The quantitative estimate of drug-likeness (QED) is 0.717. The Bertz CT molecular complexity index is 305. The summed E-state index contributed by atoms with van der Waals surface area (Å²) >= 11 is 1.57. The van der Waals surface area contributed by atoms with Gasteiger partial charge in [0.25, 0.3) is 0 Å². The lowest BCUT2D eigenvalue weighted by atomic mass is 9.99. The molecule has 2 heterocycles. The van der Waals surface area contributed by atoms with Gasteiger partial charge in [-0.25, -0.2) is 4.98 Å². The summed E-state index contributed by atoms with van der Waals surface area (Å²) < 4.78 is 5.39. The minimum Gasteiger partial charge on any atom is -0.381 e. The minimum atomic E-state index is 0.557. The third-order valence-corrected chi connectivity index (χ3v) is 3.30. The van der Waals surface area contributed by atoms with E-state index in [1.54, 1.807) is 11.3 Å². The zero-order valence-corrected chi connectivity index (χ0v) is 8.76. The van der Waals surface area contributed by atoms with E-state index in [1.807, 2.05) is 5.38 Å². The standard InChI is InChI=1S/C10H13NO2S/c12-5-9-7-14-10(11-9)4-8-2-1-3-13-6-8/h5,7-8H,1-4,6H2. The van der Waals surface area contributed by atoms with E-state index in [0.717, 1.165) is 37.3 Å². The first-order chi connectivity index (χ1) is 6.88. The van der Waals surface area contributed by atoms with Crippen LogP contribution < -0.4 is 0 Å². The second-order valence-electron chi connectivity index (χ2n) is 3.57. The molecule has 0 aliphatic carbocycles. The molecule has 1 fully saturated rings. The van der Waals surface area contributed by atoms with Crippen LogP contribution in [-0.4, -0.2) is 24.5 Å². The molecule has 2 rings (SSSR count). The molecule has 0 amide bonds. The number of carbonyl (C=O) groups excluding carboxylic acids is 1. The lowest BCUT2D eigenvalue weighted by Gasteiger charge is -2.20. The molecular formula is C10H13NO2S. The number of hydrogen-bond acceptors (Lipinski definition) is 4. The zero-order chi connectivity index (χ0) is 9.80. The van der Waals surface area contributed by atoms with Crippen molar-refractivity contribution in [1.82, 2.24) is 4.98 Å². The van der Waals surface area contributed by atoms with Gasteiger partial charge in [0, 0.05) is 25.0 Å². The van der Waals surface area contributed by atoms with Gasteiger partial charge in [0.2, 0.25) is 0 Å². The fraction of sp³-hybridized carbons (Fsp3) is 0.600. The lowest BCUT2D eigenvalue weighted by molar-refractivity contribution is 0.0550. The summed E-state index contributed by atoms with van der Waals surface area (Å²) in [5, 5.41) is 2.87. The number of nitrogens with zero attached hydrogens (tertiary/aromatic N) is 1. The second-order valence-corrected chi connectivity index (χ2v) is 4.51. The van der Waals surface area contributed by atoms with Crippen molar-refractivity contribution in [2.45, 2.75) is 19.3 Å². The molecular weight excluding hydrogens is 198 g/mol. The Morgan fingerprint density at radius 2 is 2.64 bits per heavy atom. The largest absolute Gasteiger partial charge is 0.381 e. The van der Waals surface area contributed by atoms with Crippen molar-refractivity contribution in [2.24, 2.45) is 5.92 Å². The first kappa shape index (κ1) is 9.80. The number of hydrogen-bond donors (Lipinski definition) is 0. The molecule has 14 heavy (non-hydrogen) atoms. The molecule has 3 nitrogen and oxygen atoms in total. The van der Waals surface area contributed by atoms with Gasteiger partial charge in [-0.1, -0.05) is 0 Å². The van der Waals surface area contributed by atoms with Crippen molar-refractivity contribution in [2.75, 3.05) is 13.2 Å². The van der Waals surface area contributed by atoms with Gasteiger partial charge in [-0.3, -0.25) is 4.79 Å². The molecule has 4 heteroatoms. The smallest absolute Gasteiger partial charge is 0.169 e. The Balaban J connectivity index is 1.92. The molecule has 1 unspecified atom stereocenters. The summed E-state index contributed by atoms with van der Waals surface area (Å²) in [6.07, 6.45) is 4.13. The fourth-order valence-electron chi connectivity index (χ4n) is 1.69. The van der Waals surface area contributed by atoms with Gasteiger partial charge in [0.1, 0.15) is 5.69 Å². The maximum Gasteiger partial charge on any atom is 0.169 e. The number of thiazole rings is 1. The molecule has 0 saturated carbocycles. The van der Waals surface area contributed by atoms with Crippen molar-refractivity contribution < 1.29 is 9.53 Å². The Hall–Kier alpha value is -0.740. The van der Waals surface area contributed by atoms with Gasteiger partial charge in [-0.2, -0.15) is 0 Å². The van der Waals surface area contributed by atoms with Crippen molar-refractivity contribution in [3.8, 4) is 0 Å². The van der Waals surface area contributed by atoms with E-state index in [0.29, 0.717) is 11.6 Å². The highest BCUT2D eigenvalue weighted by molar-refractivity contribution is 7.09. The summed E-state index contributed by atoms with van der Waals surface area (Å²) in [5.41, 5.74) is 0.557. The van der Waals surface area contributed by atoms with Crippen LogP contribution in [0.25, 0.3) is 0 Å². The lowest BCUT2D eigenvalue weighted by Crippen LogP contribution is -2.19. The molecule has 1 aliphatic heterocycles. The fourth-order valence-corrected chi connectivity index (χ4v) is 2.54. The summed E-state index contributed by atoms with van der Waals surface area (Å²) in [5.74, 6) is 0.592. The minimum absolute atomic E-state index is 0.557. The molecule has 1 aromatic heterocycles. The molecule has 76 valence electrons. The Labute approximate surface area is 87.1 Å². The maximum atomic E-state index is 10.4. The average Bonchev–Trinajstić information content (AvgIpc) is 2.67. The monoisotopic (exact) mass is 211 g/mol. The Kier molecular flexibility index (Phi) is 3.26. The summed E-state index contributed by atoms with van der Waals surface area (Å²) in [6, 6.07) is 0. The van der Waals surface area contributed by atoms with E-state index in [4.69, 9.17) is 4.74 Å². The molecule has 0 spiro atoms. The summed E-state index contributed by atoms with van der Waals surface area (Å²) in [7, 11) is 0. The highest BCUT2D eigenvalue weighted by atomic mass is 32.1. The third kappa shape index (κ3) is 2.39. The molecule has 0 aromatic carbocycles. The molecule has 0 bridgehead atoms. The Morgan fingerprint density at radius 3 is 3.29 bits per heavy atom. The first-order valence-electron chi connectivity index (χ1n) is 4.86. The molecule has 1 aliphatic rings. The van der Waals surface area contributed by atoms with E-state index in [1.165, 1.54) is 6.42 Å². The van der Waals surface area contributed by atoms with Crippen LogP contribution in [0.2, 0.25) is 0 Å². The van der Waals surface area contributed by atoms with E-state index >= 15 is 0 Å². The van der Waals surface area contributed by atoms with Gasteiger partial charge in [-0.15, -0.1) is 11.3 Å². The van der Waals surface area contributed by atoms with Crippen LogP contribution in [0.3, 0.4) is 0 Å². The van der Waals surface area contributed by atoms with Crippen molar-refractivity contribution in [3.63, 3.8) is 0 Å². The van der Waals surface area contributed by atoms with Crippen LogP contribution in [-0.2, 0) is 11.2 Å². The van der Waals surface area contributed by atoms with Crippen LogP contribution in [0.15, 0.2) is 5.38 Å². The second kappa shape index (κ2) is 4.66. The normalized spacial score (nSPS) is 22.1. The average molecular weight is 211 g/mol. The topological polar surface area (TPSA) is 39.2 Å². The van der Waals surface area contributed by atoms with Crippen molar-refractivity contribution in [1.29, 1.82) is 0 Å². The van der Waals surface area contributed by atoms with Crippen LogP contribution in [0.1, 0.15) is 28.3 Å². The van der Waals surface area contributed by atoms with Gasteiger partial charge >= 0.3 is 0 Å². The number of carbonyl (C=O) groups is 1. The number of ether oxygens (including phenoxy) is 1. The van der Waals surface area contributed by atoms with E-state index < -0.39 is 0 Å². The number of aldehydes is 1. The van der Waals surface area contributed by atoms with Gasteiger partial charge in [0.15, 0.2) is 6.29 Å². The van der Waals surface area contributed by atoms with Crippen molar-refractivity contribution >= 4 is 17.6 Å². The molecule has 1 aromatic rings. The van der Waals surface area contributed by atoms with E-state index in [2.05, 4.69) is 4.98 Å². The number of rotatable bonds is 3. The summed E-state index contributed by atoms with van der Waals surface area (Å²) in [4.78, 5) is 14.6. The maximum absolute atomic E-state index is 10.4. The first-order valence-corrected chi connectivity index (χ1v) is 5.74. The van der Waals surface area contributed by atoms with Gasteiger partial charge in [0.05, 0.1) is 5.01 Å². The molecule has 0 N–H and O–H groups in total. The third-order valence-electron chi connectivity index (χ3n) is 2.41.